The van der Waals surface area contributed by atoms with E-state index in [1.165, 1.54) is 7.11 Å². The molecule has 0 radical (unpaired) electrons. The molecule has 1 aromatic carbocycles. The minimum atomic E-state index is -0.512. The van der Waals surface area contributed by atoms with Crippen molar-refractivity contribution in [2.24, 2.45) is 0 Å². The van der Waals surface area contributed by atoms with E-state index < -0.39 is 5.60 Å². The number of nitrogens with one attached hydrogen (secondary N) is 1. The van der Waals surface area contributed by atoms with E-state index in [1.807, 2.05) is 33.0 Å². The number of fused-ring (bicyclic) bond motifs is 1. The number of methoxy groups -OCH3 is 1. The molecule has 2 aromatic rings. The van der Waals surface area contributed by atoms with Crippen LogP contribution in [0, 0.1) is 0 Å². The van der Waals surface area contributed by atoms with Crippen LogP contribution in [0.25, 0.3) is 10.9 Å². The van der Waals surface area contributed by atoms with Crippen molar-refractivity contribution in [2.45, 2.75) is 32.8 Å². The first-order valence-electron chi connectivity index (χ1n) is 7.78. The van der Waals surface area contributed by atoms with E-state index in [1.54, 1.807) is 12.1 Å². The molecule has 0 bridgehead atoms. The summed E-state index contributed by atoms with van der Waals surface area (Å²) in [5, 5.41) is 0.943. The molecule has 0 aliphatic rings. The Morgan fingerprint density at radius 3 is 2.62 bits per heavy atom. The Morgan fingerprint density at radius 1 is 1.21 bits per heavy atom. The first-order valence-corrected chi connectivity index (χ1v) is 7.78. The number of aromatic amines is 1. The standard InChI is InChI=1S/C18H23NO5/c1-18(2,3)24-16(20)11-23-8-7-13-10-19-15-6-5-12(9-14(13)15)17(21)22-4/h5-6,9-10,19H,7-8,11H2,1-4H3. The van der Waals surface area contributed by atoms with Gasteiger partial charge in [0.25, 0.3) is 0 Å². The number of carbonyl (C=O) groups excluding carboxylic acids is 2. The Balaban J connectivity index is 1.93. The third-order valence-corrected chi connectivity index (χ3v) is 3.34. The zero-order chi connectivity index (χ0) is 17.7. The summed E-state index contributed by atoms with van der Waals surface area (Å²) in [6.07, 6.45) is 2.50. The summed E-state index contributed by atoms with van der Waals surface area (Å²) in [5.41, 5.74) is 1.94. The van der Waals surface area contributed by atoms with Crippen LogP contribution in [0.5, 0.6) is 0 Å². The third-order valence-electron chi connectivity index (χ3n) is 3.34. The van der Waals surface area contributed by atoms with Crippen LogP contribution in [0.2, 0.25) is 0 Å². The molecule has 0 spiro atoms. The number of esters is 2. The summed E-state index contributed by atoms with van der Waals surface area (Å²) in [6, 6.07) is 5.35. The molecule has 1 N–H and O–H groups in total. The lowest BCUT2D eigenvalue weighted by Gasteiger charge is -2.19. The van der Waals surface area contributed by atoms with Gasteiger partial charge in [0.05, 0.1) is 19.3 Å². The van der Waals surface area contributed by atoms with Crippen LogP contribution >= 0.6 is 0 Å². The number of rotatable bonds is 6. The van der Waals surface area contributed by atoms with Crippen molar-refractivity contribution >= 4 is 22.8 Å². The lowest BCUT2D eigenvalue weighted by molar-refractivity contribution is -0.160. The Bertz CT molecular complexity index is 727. The zero-order valence-electron chi connectivity index (χ0n) is 14.5. The summed E-state index contributed by atoms with van der Waals surface area (Å²) in [6.45, 7) is 5.75. The molecule has 0 atom stereocenters. The maximum atomic E-state index is 11.6. The van der Waals surface area contributed by atoms with E-state index in [0.29, 0.717) is 18.6 Å². The van der Waals surface area contributed by atoms with Crippen LogP contribution in [-0.4, -0.2) is 42.8 Å². The van der Waals surface area contributed by atoms with Crippen LogP contribution in [0.15, 0.2) is 24.4 Å². The Kier molecular flexibility index (Phi) is 5.62. The molecule has 130 valence electrons. The molecular weight excluding hydrogens is 310 g/mol. The lowest BCUT2D eigenvalue weighted by atomic mass is 10.1. The van der Waals surface area contributed by atoms with Crippen LogP contribution in [0.1, 0.15) is 36.7 Å². The number of ether oxygens (including phenoxy) is 3. The Labute approximate surface area is 141 Å². The Hall–Kier alpha value is -2.34. The van der Waals surface area contributed by atoms with Gasteiger partial charge in [-0.3, -0.25) is 0 Å². The topological polar surface area (TPSA) is 77.6 Å². The van der Waals surface area contributed by atoms with Crippen molar-refractivity contribution in [2.75, 3.05) is 20.3 Å². The maximum Gasteiger partial charge on any atom is 0.337 e. The highest BCUT2D eigenvalue weighted by molar-refractivity contribution is 5.95. The van der Waals surface area contributed by atoms with E-state index in [-0.39, 0.29) is 18.5 Å². The van der Waals surface area contributed by atoms with Gasteiger partial charge in [0.1, 0.15) is 12.2 Å². The van der Waals surface area contributed by atoms with Gasteiger partial charge in [0.15, 0.2) is 0 Å². The molecule has 2 rings (SSSR count). The Morgan fingerprint density at radius 2 is 1.96 bits per heavy atom. The summed E-state index contributed by atoms with van der Waals surface area (Å²) in [7, 11) is 1.36. The van der Waals surface area contributed by atoms with Crippen LogP contribution < -0.4 is 0 Å². The van der Waals surface area contributed by atoms with E-state index in [4.69, 9.17) is 14.2 Å². The van der Waals surface area contributed by atoms with Gasteiger partial charge in [-0.1, -0.05) is 0 Å². The van der Waals surface area contributed by atoms with E-state index in [2.05, 4.69) is 4.98 Å². The van der Waals surface area contributed by atoms with E-state index in [0.717, 1.165) is 16.5 Å². The van der Waals surface area contributed by atoms with Gasteiger partial charge < -0.3 is 19.2 Å². The smallest absolute Gasteiger partial charge is 0.337 e. The average molecular weight is 333 g/mol. The first-order chi connectivity index (χ1) is 11.3. The summed E-state index contributed by atoms with van der Waals surface area (Å²) in [4.78, 5) is 26.4. The molecule has 0 aliphatic heterocycles. The third kappa shape index (κ3) is 4.83. The minimum absolute atomic E-state index is 0.0764. The molecule has 6 nitrogen and oxygen atoms in total. The number of hydrogen-bond donors (Lipinski definition) is 1. The molecule has 0 amide bonds. The quantitative estimate of drug-likeness (QED) is 0.650. The first kappa shape index (κ1) is 18.0. The molecule has 0 saturated heterocycles. The second-order valence-electron chi connectivity index (χ2n) is 6.45. The largest absolute Gasteiger partial charge is 0.465 e. The summed E-state index contributed by atoms with van der Waals surface area (Å²) in [5.74, 6) is -0.750. The summed E-state index contributed by atoms with van der Waals surface area (Å²) < 4.78 is 15.3. The van der Waals surface area contributed by atoms with Gasteiger partial charge >= 0.3 is 11.9 Å². The molecule has 0 aliphatic carbocycles. The van der Waals surface area contributed by atoms with E-state index >= 15 is 0 Å². The monoisotopic (exact) mass is 333 g/mol. The minimum Gasteiger partial charge on any atom is -0.465 e. The van der Waals surface area contributed by atoms with Crippen LogP contribution in [0.4, 0.5) is 0 Å². The highest BCUT2D eigenvalue weighted by Crippen LogP contribution is 2.21. The highest BCUT2D eigenvalue weighted by Gasteiger charge is 2.16. The fourth-order valence-corrected chi connectivity index (χ4v) is 2.34. The zero-order valence-corrected chi connectivity index (χ0v) is 14.5. The van der Waals surface area contributed by atoms with E-state index in [9.17, 15) is 9.59 Å². The van der Waals surface area contributed by atoms with Crippen molar-refractivity contribution in [3.05, 3.63) is 35.5 Å². The second-order valence-corrected chi connectivity index (χ2v) is 6.45. The molecule has 0 fully saturated rings. The van der Waals surface area contributed by atoms with Gasteiger partial charge in [-0.2, -0.15) is 0 Å². The molecule has 6 heteroatoms. The normalized spacial score (nSPS) is 11.5. The summed E-state index contributed by atoms with van der Waals surface area (Å²) >= 11 is 0. The SMILES string of the molecule is COC(=O)c1ccc2[nH]cc(CCOCC(=O)OC(C)(C)C)c2c1. The van der Waals surface area contributed by atoms with Gasteiger partial charge in [0.2, 0.25) is 0 Å². The number of aromatic nitrogens is 1. The molecule has 0 saturated carbocycles. The van der Waals surface area contributed by atoms with Crippen molar-refractivity contribution < 1.29 is 23.8 Å². The van der Waals surface area contributed by atoms with Crippen molar-refractivity contribution in [1.29, 1.82) is 0 Å². The van der Waals surface area contributed by atoms with Crippen molar-refractivity contribution in [1.82, 2.24) is 4.98 Å². The van der Waals surface area contributed by atoms with Crippen molar-refractivity contribution in [3.8, 4) is 0 Å². The second kappa shape index (κ2) is 7.49. The predicted octanol–water partition coefficient (Wildman–Crippen LogP) is 2.86. The van der Waals surface area contributed by atoms with Crippen molar-refractivity contribution in [3.63, 3.8) is 0 Å². The van der Waals surface area contributed by atoms with Gasteiger partial charge in [-0.05, 0) is 51.0 Å². The highest BCUT2D eigenvalue weighted by atomic mass is 16.6. The van der Waals surface area contributed by atoms with Gasteiger partial charge in [0, 0.05) is 17.1 Å². The number of carbonyl (C=O) groups is 2. The molecule has 0 unspecified atom stereocenters. The lowest BCUT2D eigenvalue weighted by Crippen LogP contribution is -2.26. The number of H-pyrrole nitrogens is 1. The van der Waals surface area contributed by atoms with Gasteiger partial charge in [-0.25, -0.2) is 9.59 Å². The fourth-order valence-electron chi connectivity index (χ4n) is 2.34. The molecule has 24 heavy (non-hydrogen) atoms. The van der Waals surface area contributed by atoms with Crippen LogP contribution in [0.3, 0.4) is 0 Å². The number of benzene rings is 1. The predicted molar refractivity (Wildman–Crippen MR) is 90.0 cm³/mol. The molecule has 1 heterocycles. The molecule has 1 aromatic heterocycles. The van der Waals surface area contributed by atoms with Crippen LogP contribution in [-0.2, 0) is 25.4 Å². The molecular formula is C18H23NO5. The number of hydrogen-bond acceptors (Lipinski definition) is 5. The fraction of sp³-hybridized carbons (Fsp3) is 0.444. The average Bonchev–Trinajstić information content (AvgIpc) is 2.91. The van der Waals surface area contributed by atoms with Gasteiger partial charge in [-0.15, -0.1) is 0 Å². The maximum absolute atomic E-state index is 11.6.